The van der Waals surface area contributed by atoms with Gasteiger partial charge in [0.2, 0.25) is 0 Å². The molecule has 114 valence electrons. The number of nitrogens with one attached hydrogen (secondary N) is 1. The maximum atomic E-state index is 4.36. The molecule has 1 atom stereocenters. The van der Waals surface area contributed by atoms with Gasteiger partial charge in [0.1, 0.15) is 0 Å². The van der Waals surface area contributed by atoms with E-state index in [1.807, 2.05) is 12.3 Å². The lowest BCUT2D eigenvalue weighted by Crippen LogP contribution is -2.35. The van der Waals surface area contributed by atoms with Gasteiger partial charge in [-0.3, -0.25) is 4.98 Å². The molecule has 0 aliphatic carbocycles. The minimum atomic E-state index is 0.626. The first kappa shape index (κ1) is 17.1. The summed E-state index contributed by atoms with van der Waals surface area (Å²) >= 11 is 0. The highest BCUT2D eigenvalue weighted by molar-refractivity contribution is 5.03. The summed E-state index contributed by atoms with van der Waals surface area (Å²) in [6, 6.07) is 6.75. The van der Waals surface area contributed by atoms with E-state index in [-0.39, 0.29) is 0 Å². The molecule has 1 N–H and O–H groups in total. The fourth-order valence-electron chi connectivity index (χ4n) is 2.15. The third-order valence-corrected chi connectivity index (χ3v) is 3.64. The molecule has 1 aromatic rings. The largest absolute Gasteiger partial charge is 0.313 e. The number of nitrogens with zero attached hydrogens (tertiary/aromatic N) is 2. The Bertz CT molecular complexity index is 337. The Kier molecular flexibility index (Phi) is 8.47. The monoisotopic (exact) mass is 277 g/mol. The predicted molar refractivity (Wildman–Crippen MR) is 87.0 cm³/mol. The van der Waals surface area contributed by atoms with Crippen LogP contribution in [0.15, 0.2) is 24.4 Å². The molecule has 0 spiro atoms. The Balaban J connectivity index is 2.06. The van der Waals surface area contributed by atoms with E-state index < -0.39 is 0 Å². The maximum Gasteiger partial charge on any atom is 0.0416 e. The van der Waals surface area contributed by atoms with Crippen LogP contribution in [0.25, 0.3) is 0 Å². The van der Waals surface area contributed by atoms with Crippen molar-refractivity contribution in [3.8, 4) is 0 Å². The van der Waals surface area contributed by atoms with Crippen molar-refractivity contribution in [1.82, 2.24) is 15.2 Å². The predicted octanol–water partition coefficient (Wildman–Crippen LogP) is 2.97. The minimum Gasteiger partial charge on any atom is -0.313 e. The summed E-state index contributed by atoms with van der Waals surface area (Å²) in [5.41, 5.74) is 1.18. The van der Waals surface area contributed by atoms with Gasteiger partial charge < -0.3 is 10.2 Å². The first-order valence-corrected chi connectivity index (χ1v) is 7.89. The molecule has 0 saturated heterocycles. The average molecular weight is 277 g/mol. The summed E-state index contributed by atoms with van der Waals surface area (Å²) in [4.78, 5) is 6.73. The van der Waals surface area contributed by atoms with Gasteiger partial charge in [0.15, 0.2) is 0 Å². The summed E-state index contributed by atoms with van der Waals surface area (Å²) in [7, 11) is 2.18. The fourth-order valence-corrected chi connectivity index (χ4v) is 2.15. The van der Waals surface area contributed by atoms with Crippen LogP contribution in [0.1, 0.15) is 39.3 Å². The zero-order valence-electron chi connectivity index (χ0n) is 13.6. The first-order chi connectivity index (χ1) is 9.58. The van der Waals surface area contributed by atoms with Crippen LogP contribution in [0, 0.1) is 5.92 Å². The van der Waals surface area contributed by atoms with Gasteiger partial charge in [0.05, 0.1) is 0 Å². The molecule has 0 amide bonds. The standard InChI is InChI=1S/C17H31N3/c1-15(2)8-9-16(3)18-12-14-20(4)13-10-17-7-5-6-11-19-17/h5-7,11,15-16,18H,8-10,12-14H2,1-4H3. The quantitative estimate of drug-likeness (QED) is 0.712. The van der Waals surface area contributed by atoms with Crippen LogP contribution in [0.3, 0.4) is 0 Å². The Labute approximate surface area is 124 Å². The van der Waals surface area contributed by atoms with Crippen LogP contribution in [-0.4, -0.2) is 42.6 Å². The normalized spacial score (nSPS) is 13.1. The second-order valence-electron chi connectivity index (χ2n) is 6.20. The highest BCUT2D eigenvalue weighted by Gasteiger charge is 2.04. The zero-order chi connectivity index (χ0) is 14.8. The van der Waals surface area contributed by atoms with Crippen molar-refractivity contribution in [1.29, 1.82) is 0 Å². The summed E-state index contributed by atoms with van der Waals surface area (Å²) in [5.74, 6) is 0.806. The molecule has 0 saturated carbocycles. The molecule has 3 heteroatoms. The number of hydrogen-bond donors (Lipinski definition) is 1. The lowest BCUT2D eigenvalue weighted by molar-refractivity contribution is 0.323. The highest BCUT2D eigenvalue weighted by atomic mass is 15.1. The number of likely N-dealkylation sites (N-methyl/N-ethyl adjacent to an activating group) is 1. The molecule has 1 aromatic heterocycles. The molecule has 3 nitrogen and oxygen atoms in total. The minimum absolute atomic E-state index is 0.626. The van der Waals surface area contributed by atoms with Crippen LogP contribution in [0.2, 0.25) is 0 Å². The molecule has 20 heavy (non-hydrogen) atoms. The van der Waals surface area contributed by atoms with Crippen LogP contribution in [0.5, 0.6) is 0 Å². The Hall–Kier alpha value is -0.930. The SMILES string of the molecule is CC(C)CCC(C)NCCN(C)CCc1ccccn1. The molecular weight excluding hydrogens is 246 g/mol. The van der Waals surface area contributed by atoms with Crippen LogP contribution in [0.4, 0.5) is 0 Å². The summed E-state index contributed by atoms with van der Waals surface area (Å²) in [5, 5.41) is 3.61. The van der Waals surface area contributed by atoms with E-state index >= 15 is 0 Å². The van der Waals surface area contributed by atoms with E-state index in [4.69, 9.17) is 0 Å². The lowest BCUT2D eigenvalue weighted by Gasteiger charge is -2.19. The van der Waals surface area contributed by atoms with E-state index in [1.54, 1.807) is 0 Å². The van der Waals surface area contributed by atoms with Crippen LogP contribution >= 0.6 is 0 Å². The molecule has 0 bridgehead atoms. The van der Waals surface area contributed by atoms with Crippen molar-refractivity contribution < 1.29 is 0 Å². The molecule has 0 aliphatic rings. The number of rotatable bonds is 10. The topological polar surface area (TPSA) is 28.2 Å². The lowest BCUT2D eigenvalue weighted by atomic mass is 10.0. The van der Waals surface area contributed by atoms with Gasteiger partial charge in [-0.1, -0.05) is 19.9 Å². The molecule has 0 radical (unpaired) electrons. The molecule has 0 aliphatic heterocycles. The van der Waals surface area contributed by atoms with Gasteiger partial charge in [0, 0.05) is 44.0 Å². The fraction of sp³-hybridized carbons (Fsp3) is 0.706. The van der Waals surface area contributed by atoms with Crippen molar-refractivity contribution in [2.75, 3.05) is 26.7 Å². The number of aromatic nitrogens is 1. The number of hydrogen-bond acceptors (Lipinski definition) is 3. The third kappa shape index (κ3) is 8.28. The molecule has 1 rings (SSSR count). The maximum absolute atomic E-state index is 4.36. The first-order valence-electron chi connectivity index (χ1n) is 7.89. The van der Waals surface area contributed by atoms with E-state index in [0.717, 1.165) is 32.0 Å². The molecule has 1 heterocycles. The molecule has 0 aromatic carbocycles. The van der Waals surface area contributed by atoms with Crippen molar-refractivity contribution in [3.63, 3.8) is 0 Å². The van der Waals surface area contributed by atoms with Crippen molar-refractivity contribution in [3.05, 3.63) is 30.1 Å². The Morgan fingerprint density at radius 1 is 1.15 bits per heavy atom. The molecule has 0 fully saturated rings. The smallest absolute Gasteiger partial charge is 0.0416 e. The number of pyridine rings is 1. The summed E-state index contributed by atoms with van der Waals surface area (Å²) in [6.07, 6.45) is 5.48. The average Bonchev–Trinajstić information content (AvgIpc) is 2.44. The van der Waals surface area contributed by atoms with Crippen LogP contribution < -0.4 is 5.32 Å². The van der Waals surface area contributed by atoms with Gasteiger partial charge in [-0.15, -0.1) is 0 Å². The van der Waals surface area contributed by atoms with Gasteiger partial charge in [-0.05, 0) is 44.9 Å². The van der Waals surface area contributed by atoms with E-state index in [1.165, 1.54) is 18.5 Å². The Morgan fingerprint density at radius 3 is 2.60 bits per heavy atom. The summed E-state index contributed by atoms with van der Waals surface area (Å²) in [6.45, 7) is 10.1. The Morgan fingerprint density at radius 2 is 1.95 bits per heavy atom. The second kappa shape index (κ2) is 9.89. The van der Waals surface area contributed by atoms with Crippen LogP contribution in [-0.2, 0) is 6.42 Å². The van der Waals surface area contributed by atoms with Gasteiger partial charge in [-0.25, -0.2) is 0 Å². The van der Waals surface area contributed by atoms with E-state index in [2.05, 4.69) is 55.2 Å². The van der Waals surface area contributed by atoms with Gasteiger partial charge in [0.25, 0.3) is 0 Å². The molecular formula is C17H31N3. The van der Waals surface area contributed by atoms with E-state index in [9.17, 15) is 0 Å². The second-order valence-corrected chi connectivity index (χ2v) is 6.20. The van der Waals surface area contributed by atoms with Crippen molar-refractivity contribution in [2.45, 2.75) is 46.1 Å². The highest BCUT2D eigenvalue weighted by Crippen LogP contribution is 2.06. The van der Waals surface area contributed by atoms with Crippen molar-refractivity contribution >= 4 is 0 Å². The van der Waals surface area contributed by atoms with Gasteiger partial charge >= 0.3 is 0 Å². The van der Waals surface area contributed by atoms with E-state index in [0.29, 0.717) is 6.04 Å². The summed E-state index contributed by atoms with van der Waals surface area (Å²) < 4.78 is 0. The van der Waals surface area contributed by atoms with Gasteiger partial charge in [-0.2, -0.15) is 0 Å². The molecule has 1 unspecified atom stereocenters. The van der Waals surface area contributed by atoms with Crippen molar-refractivity contribution in [2.24, 2.45) is 5.92 Å². The third-order valence-electron chi connectivity index (χ3n) is 3.64. The zero-order valence-corrected chi connectivity index (χ0v) is 13.6.